The molecule has 0 bridgehead atoms. The Bertz CT molecular complexity index is 1400. The number of carbonyl (C=O) groups is 6. The molecular formula is C31H35N5O6. The topological polar surface area (TPSA) is 145 Å². The fraction of sp³-hybridized carbons (Fsp3) is 0.419. The van der Waals surface area contributed by atoms with E-state index in [9.17, 15) is 28.8 Å². The van der Waals surface area contributed by atoms with Crippen molar-refractivity contribution >= 4 is 46.8 Å². The summed E-state index contributed by atoms with van der Waals surface area (Å²) in [4.78, 5) is 77.2. The number of anilines is 2. The lowest BCUT2D eigenvalue weighted by molar-refractivity contribution is -0.136. The second-order valence-corrected chi connectivity index (χ2v) is 11.0. The molecule has 3 heterocycles. The van der Waals surface area contributed by atoms with E-state index in [0.29, 0.717) is 17.8 Å². The molecule has 42 heavy (non-hydrogen) atoms. The van der Waals surface area contributed by atoms with E-state index in [1.54, 1.807) is 6.07 Å². The summed E-state index contributed by atoms with van der Waals surface area (Å²) in [6.45, 7) is 1.71. The summed E-state index contributed by atoms with van der Waals surface area (Å²) < 4.78 is 0. The Morgan fingerprint density at radius 2 is 1.57 bits per heavy atom. The standard InChI is InChI=1S/C31H35N5O6/c37-26-15-14-25(29(40)34-26)36-30(41)23-13-12-22(18-24(23)31(36)42)32-19-27(38)33-21-10-8-20(9-11-21)6-2-3-7-28(39)35-16-4-1-5-17-35/h8-13,18,25,32H,1-7,14-17,19H2,(H,33,38)(H,34,37,40). The highest BCUT2D eigenvalue weighted by molar-refractivity contribution is 6.23. The van der Waals surface area contributed by atoms with Gasteiger partial charge in [-0.05, 0) is 80.8 Å². The number of carbonyl (C=O) groups excluding carboxylic acids is 6. The van der Waals surface area contributed by atoms with Gasteiger partial charge < -0.3 is 15.5 Å². The Balaban J connectivity index is 1.06. The van der Waals surface area contributed by atoms with Gasteiger partial charge in [0, 0.05) is 37.3 Å². The predicted octanol–water partition coefficient (Wildman–Crippen LogP) is 2.86. The van der Waals surface area contributed by atoms with Gasteiger partial charge in [0.1, 0.15) is 6.04 Å². The number of amides is 6. The first-order valence-electron chi connectivity index (χ1n) is 14.6. The number of aryl methyl sites for hydroxylation is 1. The van der Waals surface area contributed by atoms with Gasteiger partial charge in [-0.1, -0.05) is 12.1 Å². The Morgan fingerprint density at radius 3 is 2.31 bits per heavy atom. The molecule has 2 fully saturated rings. The number of unbranched alkanes of at least 4 members (excludes halogenated alkanes) is 1. The van der Waals surface area contributed by atoms with Gasteiger partial charge in [-0.2, -0.15) is 0 Å². The number of nitrogens with one attached hydrogen (secondary N) is 3. The molecule has 0 saturated carbocycles. The van der Waals surface area contributed by atoms with Gasteiger partial charge in [-0.3, -0.25) is 39.0 Å². The second kappa shape index (κ2) is 13.0. The van der Waals surface area contributed by atoms with Crippen LogP contribution in [-0.4, -0.2) is 70.9 Å². The molecular weight excluding hydrogens is 538 g/mol. The largest absolute Gasteiger partial charge is 0.376 e. The van der Waals surface area contributed by atoms with Crippen LogP contribution in [0.1, 0.15) is 77.6 Å². The zero-order chi connectivity index (χ0) is 29.6. The summed E-state index contributed by atoms with van der Waals surface area (Å²) in [7, 11) is 0. The molecule has 5 rings (SSSR count). The van der Waals surface area contributed by atoms with E-state index >= 15 is 0 Å². The van der Waals surface area contributed by atoms with Gasteiger partial charge in [-0.15, -0.1) is 0 Å². The minimum Gasteiger partial charge on any atom is -0.376 e. The number of nitrogens with zero attached hydrogens (tertiary/aromatic N) is 2. The molecule has 3 N–H and O–H groups in total. The fourth-order valence-corrected chi connectivity index (χ4v) is 5.63. The third kappa shape index (κ3) is 6.67. The monoisotopic (exact) mass is 573 g/mol. The molecule has 3 aliphatic rings. The van der Waals surface area contributed by atoms with Gasteiger partial charge in [0.25, 0.3) is 11.8 Å². The summed E-state index contributed by atoms with van der Waals surface area (Å²) in [6.07, 6.45) is 6.80. The van der Waals surface area contributed by atoms with Gasteiger partial charge in [0.05, 0.1) is 17.7 Å². The molecule has 0 aromatic heterocycles. The average molecular weight is 574 g/mol. The maximum atomic E-state index is 13.0. The number of hydrogen-bond donors (Lipinski definition) is 3. The normalized spacial score (nSPS) is 18.5. The number of imide groups is 2. The van der Waals surface area contributed by atoms with Crippen LogP contribution in [0.2, 0.25) is 0 Å². The van der Waals surface area contributed by atoms with Crippen LogP contribution in [-0.2, 0) is 25.6 Å². The number of piperidine rings is 2. The Morgan fingerprint density at radius 1 is 0.857 bits per heavy atom. The van der Waals surface area contributed by atoms with Crippen LogP contribution in [0.5, 0.6) is 0 Å². The highest BCUT2D eigenvalue weighted by Crippen LogP contribution is 2.29. The molecule has 3 aliphatic heterocycles. The number of rotatable bonds is 10. The van der Waals surface area contributed by atoms with Crippen molar-refractivity contribution in [2.75, 3.05) is 30.3 Å². The van der Waals surface area contributed by atoms with Crippen LogP contribution in [0.25, 0.3) is 0 Å². The van der Waals surface area contributed by atoms with Gasteiger partial charge >= 0.3 is 0 Å². The fourth-order valence-electron chi connectivity index (χ4n) is 5.63. The Hall–Kier alpha value is -4.54. The van der Waals surface area contributed by atoms with E-state index in [4.69, 9.17) is 0 Å². The molecule has 11 nitrogen and oxygen atoms in total. The minimum absolute atomic E-state index is 0.0512. The van der Waals surface area contributed by atoms with E-state index in [2.05, 4.69) is 16.0 Å². The van der Waals surface area contributed by atoms with Crippen molar-refractivity contribution in [2.45, 2.75) is 63.8 Å². The number of hydrogen-bond acceptors (Lipinski definition) is 7. The van der Waals surface area contributed by atoms with Crippen LogP contribution in [0.15, 0.2) is 42.5 Å². The first-order valence-corrected chi connectivity index (χ1v) is 14.6. The van der Waals surface area contributed by atoms with Gasteiger partial charge in [0.15, 0.2) is 0 Å². The lowest BCUT2D eigenvalue weighted by Gasteiger charge is -2.27. The van der Waals surface area contributed by atoms with Crippen molar-refractivity contribution in [2.24, 2.45) is 0 Å². The molecule has 2 aromatic carbocycles. The molecule has 1 atom stereocenters. The SMILES string of the molecule is O=C1CCC(N2C(=O)c3ccc(NCC(=O)Nc4ccc(CCCCC(=O)N5CCCCC5)cc4)cc3C2=O)C(=O)N1. The van der Waals surface area contributed by atoms with Crippen LogP contribution in [0.4, 0.5) is 11.4 Å². The van der Waals surface area contributed by atoms with Crippen molar-refractivity contribution in [3.63, 3.8) is 0 Å². The van der Waals surface area contributed by atoms with Crippen molar-refractivity contribution in [3.05, 3.63) is 59.2 Å². The predicted molar refractivity (Wildman–Crippen MR) is 155 cm³/mol. The molecule has 220 valence electrons. The quantitative estimate of drug-likeness (QED) is 0.293. The molecule has 2 saturated heterocycles. The zero-order valence-corrected chi connectivity index (χ0v) is 23.4. The molecule has 6 amide bonds. The van der Waals surface area contributed by atoms with Crippen LogP contribution >= 0.6 is 0 Å². The first-order chi connectivity index (χ1) is 20.3. The van der Waals surface area contributed by atoms with E-state index < -0.39 is 29.7 Å². The van der Waals surface area contributed by atoms with Crippen LogP contribution in [0, 0.1) is 0 Å². The van der Waals surface area contributed by atoms with Crippen molar-refractivity contribution in [1.82, 2.24) is 15.1 Å². The van der Waals surface area contributed by atoms with Crippen molar-refractivity contribution in [3.8, 4) is 0 Å². The Kier molecular flexibility index (Phi) is 8.94. The maximum Gasteiger partial charge on any atom is 0.262 e. The molecule has 2 aromatic rings. The third-order valence-electron chi connectivity index (χ3n) is 7.95. The zero-order valence-electron chi connectivity index (χ0n) is 23.4. The molecule has 0 radical (unpaired) electrons. The second-order valence-electron chi connectivity index (χ2n) is 11.0. The highest BCUT2D eigenvalue weighted by Gasteiger charge is 2.44. The molecule has 0 aliphatic carbocycles. The first kappa shape index (κ1) is 29.0. The number of benzene rings is 2. The molecule has 0 spiro atoms. The van der Waals surface area contributed by atoms with E-state index in [-0.39, 0.29) is 42.3 Å². The summed E-state index contributed by atoms with van der Waals surface area (Å²) in [5.41, 5.74) is 2.58. The highest BCUT2D eigenvalue weighted by atomic mass is 16.2. The average Bonchev–Trinajstić information content (AvgIpc) is 3.24. The summed E-state index contributed by atoms with van der Waals surface area (Å²) in [6, 6.07) is 11.2. The third-order valence-corrected chi connectivity index (χ3v) is 7.95. The van der Waals surface area contributed by atoms with E-state index in [1.807, 2.05) is 29.2 Å². The minimum atomic E-state index is -1.03. The summed E-state index contributed by atoms with van der Waals surface area (Å²) in [5, 5.41) is 7.97. The molecule has 11 heteroatoms. The number of fused-ring (bicyclic) bond motifs is 1. The van der Waals surface area contributed by atoms with E-state index in [1.165, 1.54) is 18.6 Å². The Labute approximate surface area is 244 Å². The van der Waals surface area contributed by atoms with Crippen molar-refractivity contribution < 1.29 is 28.8 Å². The van der Waals surface area contributed by atoms with Crippen molar-refractivity contribution in [1.29, 1.82) is 0 Å². The summed E-state index contributed by atoms with van der Waals surface area (Å²) >= 11 is 0. The lowest BCUT2D eigenvalue weighted by Crippen LogP contribution is -2.54. The maximum absolute atomic E-state index is 13.0. The van der Waals surface area contributed by atoms with Gasteiger partial charge in [-0.25, -0.2) is 0 Å². The van der Waals surface area contributed by atoms with Gasteiger partial charge in [0.2, 0.25) is 23.6 Å². The smallest absolute Gasteiger partial charge is 0.262 e. The van der Waals surface area contributed by atoms with Crippen LogP contribution in [0.3, 0.4) is 0 Å². The number of likely N-dealkylation sites (tertiary alicyclic amines) is 1. The summed E-state index contributed by atoms with van der Waals surface area (Å²) in [5.74, 6) is -2.30. The lowest BCUT2D eigenvalue weighted by atomic mass is 10.0. The van der Waals surface area contributed by atoms with Crippen LogP contribution < -0.4 is 16.0 Å². The molecule has 1 unspecified atom stereocenters. The van der Waals surface area contributed by atoms with E-state index in [0.717, 1.165) is 55.7 Å².